The summed E-state index contributed by atoms with van der Waals surface area (Å²) in [5.41, 5.74) is 3.13. The van der Waals surface area contributed by atoms with E-state index in [4.69, 9.17) is 4.98 Å². The number of aromatic amines is 1. The number of aromatic hydroxyl groups is 1. The number of H-pyrrole nitrogens is 1. The second-order valence-electron chi connectivity index (χ2n) is 10.0. The summed E-state index contributed by atoms with van der Waals surface area (Å²) in [6.45, 7) is 0. The molecule has 9 aromatic rings. The highest BCUT2D eigenvalue weighted by molar-refractivity contribution is 6.43. The minimum atomic E-state index is -0.0300. The molecule has 7 aromatic carbocycles. The molecular weight excluding hydrogens is 468 g/mol. The molecule has 2 N–H and O–H groups in total. The van der Waals surface area contributed by atoms with Gasteiger partial charge in [-0.15, -0.1) is 0 Å². The first-order valence-corrected chi connectivity index (χ1v) is 12.7. The minimum absolute atomic E-state index is 0.0300. The van der Waals surface area contributed by atoms with Crippen molar-refractivity contribution in [2.24, 2.45) is 0 Å². The summed E-state index contributed by atoms with van der Waals surface area (Å²) in [7, 11) is 0. The van der Waals surface area contributed by atoms with Crippen molar-refractivity contribution < 1.29 is 5.11 Å². The molecule has 0 bridgehead atoms. The molecule has 9 rings (SSSR count). The van der Waals surface area contributed by atoms with Crippen LogP contribution in [0.15, 0.2) is 102 Å². The average molecular weight is 487 g/mol. The maximum atomic E-state index is 14.3. The fourth-order valence-electron chi connectivity index (χ4n) is 6.68. The van der Waals surface area contributed by atoms with Crippen molar-refractivity contribution in [3.8, 4) is 5.75 Å². The van der Waals surface area contributed by atoms with Crippen LogP contribution in [0.2, 0.25) is 0 Å². The van der Waals surface area contributed by atoms with Gasteiger partial charge in [0.1, 0.15) is 5.75 Å². The highest BCUT2D eigenvalue weighted by Gasteiger charge is 2.25. The Morgan fingerprint density at radius 1 is 0.526 bits per heavy atom. The Bertz CT molecular complexity index is 2540. The summed E-state index contributed by atoms with van der Waals surface area (Å²) >= 11 is 0. The van der Waals surface area contributed by atoms with E-state index in [1.807, 2.05) is 84.9 Å². The maximum absolute atomic E-state index is 14.3. The Kier molecular flexibility index (Phi) is 3.54. The zero-order chi connectivity index (χ0) is 25.1. The molecule has 0 aliphatic carbocycles. The van der Waals surface area contributed by atoms with Gasteiger partial charge in [0.05, 0.1) is 27.3 Å². The van der Waals surface area contributed by atoms with Crippen molar-refractivity contribution >= 4 is 86.7 Å². The minimum Gasteiger partial charge on any atom is -0.507 e. The smallest absolute Gasteiger partial charge is 0.196 e. The van der Waals surface area contributed by atoms with Crippen LogP contribution in [0, 0.1) is 0 Å². The first kappa shape index (κ1) is 19.9. The molecule has 0 unspecified atom stereocenters. The third-order valence-corrected chi connectivity index (χ3v) is 8.19. The summed E-state index contributed by atoms with van der Waals surface area (Å²) in [6, 6.07) is 32.0. The van der Waals surface area contributed by atoms with Gasteiger partial charge in [-0.05, 0) is 22.9 Å². The van der Waals surface area contributed by atoms with E-state index >= 15 is 0 Å². The number of nitrogens with zero attached hydrogens (tertiary/aromatic N) is 1. The Balaban J connectivity index is 1.80. The number of phenolic OH excluding ortho intramolecular Hbond substituents is 1. The number of nitrogens with one attached hydrogen (secondary N) is 1. The Morgan fingerprint density at radius 3 is 1.89 bits per heavy atom. The molecule has 0 atom stereocenters. The van der Waals surface area contributed by atoms with Crippen molar-refractivity contribution in [3.05, 3.63) is 107 Å². The Morgan fingerprint density at radius 2 is 1.11 bits per heavy atom. The molecule has 0 saturated carbocycles. The molecule has 176 valence electrons. The Labute approximate surface area is 214 Å². The van der Waals surface area contributed by atoms with Crippen LogP contribution in [0.25, 0.3) is 86.7 Å². The van der Waals surface area contributed by atoms with E-state index in [1.165, 1.54) is 0 Å². The lowest BCUT2D eigenvalue weighted by Crippen LogP contribution is -2.07. The number of benzene rings is 7. The normalized spacial score (nSPS) is 12.4. The van der Waals surface area contributed by atoms with Gasteiger partial charge in [0.15, 0.2) is 5.43 Å². The first-order valence-electron chi connectivity index (χ1n) is 12.7. The predicted octanol–water partition coefficient (Wildman–Crippen LogP) is 8.14. The zero-order valence-corrected chi connectivity index (χ0v) is 20.0. The van der Waals surface area contributed by atoms with Crippen molar-refractivity contribution in [1.29, 1.82) is 0 Å². The van der Waals surface area contributed by atoms with Gasteiger partial charge in [0.25, 0.3) is 0 Å². The molecule has 0 fully saturated rings. The number of aromatic nitrogens is 2. The standard InChI is InChI=1S/C34H18N2O2/c37-33-19-11-3-1-9-17(19)25-21-13-5-7-15-23(21)35-31-27(25)29(33)32-28-26(22-14-6-8-16-24(22)36-32)18-10-2-4-12-20(18)34(38)30(28)31/h1-16,35,37H. The van der Waals surface area contributed by atoms with Crippen molar-refractivity contribution in [2.75, 3.05) is 0 Å². The molecule has 2 heterocycles. The van der Waals surface area contributed by atoms with Gasteiger partial charge in [-0.25, -0.2) is 4.98 Å². The number of pyridine rings is 2. The van der Waals surface area contributed by atoms with E-state index in [2.05, 4.69) is 17.1 Å². The lowest BCUT2D eigenvalue weighted by Gasteiger charge is -2.20. The van der Waals surface area contributed by atoms with Crippen LogP contribution in [-0.4, -0.2) is 15.1 Å². The summed E-state index contributed by atoms with van der Waals surface area (Å²) in [5, 5.41) is 22.1. The summed E-state index contributed by atoms with van der Waals surface area (Å²) in [5.74, 6) is 0.188. The van der Waals surface area contributed by atoms with Gasteiger partial charge in [-0.2, -0.15) is 0 Å². The van der Waals surface area contributed by atoms with Crippen LogP contribution in [0.5, 0.6) is 5.75 Å². The topological polar surface area (TPSA) is 66.0 Å². The third kappa shape index (κ3) is 2.22. The van der Waals surface area contributed by atoms with E-state index in [0.717, 1.165) is 65.0 Å². The summed E-state index contributed by atoms with van der Waals surface area (Å²) in [6.07, 6.45) is 0. The SMILES string of the molecule is O=c1c2ccccc2c2c3ccccc3nc3c4c(O)c5ccccc5c5c6ccccc6[nH]c(c1c32)c45. The number of rotatable bonds is 0. The van der Waals surface area contributed by atoms with Crippen LogP contribution < -0.4 is 5.43 Å². The van der Waals surface area contributed by atoms with Gasteiger partial charge in [-0.3, -0.25) is 4.79 Å². The van der Waals surface area contributed by atoms with E-state index < -0.39 is 0 Å². The van der Waals surface area contributed by atoms with Gasteiger partial charge in [0.2, 0.25) is 0 Å². The molecule has 4 nitrogen and oxygen atoms in total. The summed E-state index contributed by atoms with van der Waals surface area (Å²) < 4.78 is 0. The molecule has 38 heavy (non-hydrogen) atoms. The van der Waals surface area contributed by atoms with Crippen LogP contribution >= 0.6 is 0 Å². The molecule has 0 spiro atoms. The van der Waals surface area contributed by atoms with Crippen molar-refractivity contribution in [3.63, 3.8) is 0 Å². The van der Waals surface area contributed by atoms with E-state index in [-0.39, 0.29) is 11.2 Å². The van der Waals surface area contributed by atoms with Gasteiger partial charge in [-0.1, -0.05) is 84.9 Å². The van der Waals surface area contributed by atoms with Gasteiger partial charge < -0.3 is 10.1 Å². The highest BCUT2D eigenvalue weighted by Crippen LogP contribution is 2.49. The lowest BCUT2D eigenvalue weighted by atomic mass is 9.87. The van der Waals surface area contributed by atoms with Crippen LogP contribution in [0.1, 0.15) is 0 Å². The molecule has 2 aromatic heterocycles. The molecule has 0 saturated heterocycles. The average Bonchev–Trinajstić information content (AvgIpc) is 2.97. The van der Waals surface area contributed by atoms with E-state index in [0.29, 0.717) is 21.7 Å². The van der Waals surface area contributed by atoms with Crippen molar-refractivity contribution in [1.82, 2.24) is 9.97 Å². The predicted molar refractivity (Wildman–Crippen MR) is 158 cm³/mol. The molecule has 0 amide bonds. The molecule has 0 aliphatic heterocycles. The van der Waals surface area contributed by atoms with E-state index in [1.54, 1.807) is 0 Å². The molecule has 0 radical (unpaired) electrons. The number of phenols is 1. The second-order valence-corrected chi connectivity index (χ2v) is 10.0. The number of hydrogen-bond acceptors (Lipinski definition) is 3. The van der Waals surface area contributed by atoms with Gasteiger partial charge >= 0.3 is 0 Å². The molecule has 0 aliphatic rings. The second kappa shape index (κ2) is 6.75. The van der Waals surface area contributed by atoms with Crippen LogP contribution in [-0.2, 0) is 0 Å². The van der Waals surface area contributed by atoms with Crippen molar-refractivity contribution in [2.45, 2.75) is 0 Å². The third-order valence-electron chi connectivity index (χ3n) is 8.19. The monoisotopic (exact) mass is 486 g/mol. The molecule has 4 heteroatoms. The highest BCUT2D eigenvalue weighted by atomic mass is 16.3. The Hall–Kier alpha value is -5.22. The fraction of sp³-hybridized carbons (Fsp3) is 0. The maximum Gasteiger partial charge on any atom is 0.196 e. The number of hydrogen-bond donors (Lipinski definition) is 2. The largest absolute Gasteiger partial charge is 0.507 e. The number of fused-ring (bicyclic) bond motifs is 10. The first-order chi connectivity index (χ1) is 18.7. The lowest BCUT2D eigenvalue weighted by molar-refractivity contribution is 0.488. The van der Waals surface area contributed by atoms with Crippen LogP contribution in [0.4, 0.5) is 0 Å². The summed E-state index contributed by atoms with van der Waals surface area (Å²) in [4.78, 5) is 23.1. The van der Waals surface area contributed by atoms with E-state index in [9.17, 15) is 9.90 Å². The van der Waals surface area contributed by atoms with Gasteiger partial charge in [0, 0.05) is 48.6 Å². The zero-order valence-electron chi connectivity index (χ0n) is 20.0. The quantitative estimate of drug-likeness (QED) is 0.168. The van der Waals surface area contributed by atoms with Crippen LogP contribution in [0.3, 0.4) is 0 Å². The number of para-hydroxylation sites is 2. The fourth-order valence-corrected chi connectivity index (χ4v) is 6.68. The molecular formula is C34H18N2O2.